The Balaban J connectivity index is 2.33. The molecule has 0 aliphatic rings. The topological polar surface area (TPSA) is 47.1 Å². The lowest BCUT2D eigenvalue weighted by atomic mass is 10.2. The number of likely N-dealkylation sites (N-methyl/N-ethyl adjacent to an activating group) is 1. The monoisotopic (exact) mass is 246 g/mol. The molecule has 1 atom stereocenters. The number of aromatic nitrogens is 2. The van der Waals surface area contributed by atoms with E-state index in [1.807, 2.05) is 0 Å². The molecule has 0 spiro atoms. The Hall–Kier alpha value is -1.39. The maximum Gasteiger partial charge on any atom is 0.0843 e. The first kappa shape index (κ1) is 13.1. The zero-order valence-corrected chi connectivity index (χ0v) is 11.4. The fourth-order valence-electron chi connectivity index (χ4n) is 2.13. The summed E-state index contributed by atoms with van der Waals surface area (Å²) in [4.78, 5) is 2.24. The molecule has 0 saturated carbocycles. The summed E-state index contributed by atoms with van der Waals surface area (Å²) < 4.78 is 2.06. The zero-order chi connectivity index (χ0) is 13.1. The molecule has 0 aliphatic heterocycles. The van der Waals surface area contributed by atoms with Crippen LogP contribution in [0.5, 0.6) is 0 Å². The standard InChI is InChI=1S/C14H22N4/c1-4-18-14-8-6-5-7-12(14)13(16-18)10-17(3)11(2)9-15/h5-8,11H,4,9-10,15H2,1-3H3. The number of hydrogen-bond donors (Lipinski definition) is 1. The zero-order valence-electron chi connectivity index (χ0n) is 11.4. The minimum atomic E-state index is 0.371. The third-order valence-corrected chi connectivity index (χ3v) is 3.53. The van der Waals surface area contributed by atoms with Gasteiger partial charge < -0.3 is 5.73 Å². The third kappa shape index (κ3) is 2.40. The van der Waals surface area contributed by atoms with Gasteiger partial charge in [0, 0.05) is 31.1 Å². The third-order valence-electron chi connectivity index (χ3n) is 3.53. The molecule has 2 N–H and O–H groups in total. The highest BCUT2D eigenvalue weighted by molar-refractivity contribution is 5.81. The first-order valence-electron chi connectivity index (χ1n) is 6.52. The average molecular weight is 246 g/mol. The molecule has 0 saturated heterocycles. The van der Waals surface area contributed by atoms with Crippen LogP contribution in [0.1, 0.15) is 19.5 Å². The van der Waals surface area contributed by atoms with Crippen LogP contribution in [-0.2, 0) is 13.1 Å². The summed E-state index contributed by atoms with van der Waals surface area (Å²) in [5.74, 6) is 0. The Morgan fingerprint density at radius 2 is 2.11 bits per heavy atom. The van der Waals surface area contributed by atoms with Crippen molar-refractivity contribution in [1.82, 2.24) is 14.7 Å². The molecule has 1 aromatic carbocycles. The average Bonchev–Trinajstić information content (AvgIpc) is 2.76. The van der Waals surface area contributed by atoms with Gasteiger partial charge in [0.25, 0.3) is 0 Å². The Kier molecular flexibility index (Phi) is 3.99. The van der Waals surface area contributed by atoms with Crippen molar-refractivity contribution >= 4 is 10.9 Å². The van der Waals surface area contributed by atoms with E-state index in [4.69, 9.17) is 10.8 Å². The van der Waals surface area contributed by atoms with E-state index >= 15 is 0 Å². The largest absolute Gasteiger partial charge is 0.329 e. The summed E-state index contributed by atoms with van der Waals surface area (Å²) in [5, 5.41) is 5.94. The molecule has 0 amide bonds. The first-order valence-corrected chi connectivity index (χ1v) is 6.52. The minimum absolute atomic E-state index is 0.371. The van der Waals surface area contributed by atoms with Crippen LogP contribution in [0.15, 0.2) is 24.3 Å². The Labute approximate surface area is 108 Å². The Morgan fingerprint density at radius 1 is 1.39 bits per heavy atom. The van der Waals surface area contributed by atoms with Gasteiger partial charge in [-0.25, -0.2) is 0 Å². The molecule has 0 fully saturated rings. The lowest BCUT2D eigenvalue weighted by Gasteiger charge is -2.22. The Morgan fingerprint density at radius 3 is 2.78 bits per heavy atom. The van der Waals surface area contributed by atoms with Crippen molar-refractivity contribution in [3.8, 4) is 0 Å². The van der Waals surface area contributed by atoms with E-state index in [9.17, 15) is 0 Å². The van der Waals surface area contributed by atoms with E-state index < -0.39 is 0 Å². The number of nitrogens with two attached hydrogens (primary N) is 1. The predicted octanol–water partition coefficient (Wildman–Crippen LogP) is 1.84. The molecule has 1 aromatic heterocycles. The summed E-state index contributed by atoms with van der Waals surface area (Å²) >= 11 is 0. The van der Waals surface area contributed by atoms with Gasteiger partial charge in [-0.3, -0.25) is 9.58 Å². The second-order valence-corrected chi connectivity index (χ2v) is 4.78. The van der Waals surface area contributed by atoms with Gasteiger partial charge in [0.2, 0.25) is 0 Å². The van der Waals surface area contributed by atoms with Crippen LogP contribution < -0.4 is 5.73 Å². The van der Waals surface area contributed by atoms with Crippen molar-refractivity contribution in [2.75, 3.05) is 13.6 Å². The molecule has 0 aliphatic carbocycles. The van der Waals surface area contributed by atoms with Crippen LogP contribution in [0.4, 0.5) is 0 Å². The maximum absolute atomic E-state index is 5.70. The van der Waals surface area contributed by atoms with Crippen molar-refractivity contribution in [2.45, 2.75) is 33.0 Å². The summed E-state index contributed by atoms with van der Waals surface area (Å²) in [7, 11) is 2.09. The minimum Gasteiger partial charge on any atom is -0.329 e. The number of benzene rings is 1. The molecular formula is C14H22N4. The fraction of sp³-hybridized carbons (Fsp3) is 0.500. The van der Waals surface area contributed by atoms with Crippen molar-refractivity contribution < 1.29 is 0 Å². The molecule has 2 aromatic rings. The molecule has 4 nitrogen and oxygen atoms in total. The quantitative estimate of drug-likeness (QED) is 0.875. The SMILES string of the molecule is CCn1nc(CN(C)C(C)CN)c2ccccc21. The van der Waals surface area contributed by atoms with Crippen LogP contribution in [0.2, 0.25) is 0 Å². The molecule has 4 heteroatoms. The van der Waals surface area contributed by atoms with E-state index in [0.717, 1.165) is 18.8 Å². The van der Waals surface area contributed by atoms with Gasteiger partial charge in [0.05, 0.1) is 11.2 Å². The predicted molar refractivity (Wildman–Crippen MR) is 75.4 cm³/mol. The molecular weight excluding hydrogens is 224 g/mol. The summed E-state index contributed by atoms with van der Waals surface area (Å²) in [5.41, 5.74) is 8.05. The molecule has 1 heterocycles. The molecule has 1 unspecified atom stereocenters. The van der Waals surface area contributed by atoms with Gasteiger partial charge in [0.15, 0.2) is 0 Å². The lowest BCUT2D eigenvalue weighted by Crippen LogP contribution is -2.34. The summed E-state index contributed by atoms with van der Waals surface area (Å²) in [6.45, 7) is 6.67. The van der Waals surface area contributed by atoms with Crippen molar-refractivity contribution in [3.05, 3.63) is 30.0 Å². The number of para-hydroxylation sites is 1. The van der Waals surface area contributed by atoms with Crippen LogP contribution in [0.3, 0.4) is 0 Å². The van der Waals surface area contributed by atoms with E-state index in [-0.39, 0.29) is 0 Å². The molecule has 0 radical (unpaired) electrons. The molecule has 18 heavy (non-hydrogen) atoms. The van der Waals surface area contributed by atoms with Gasteiger partial charge in [-0.1, -0.05) is 18.2 Å². The summed E-state index contributed by atoms with van der Waals surface area (Å²) in [6.07, 6.45) is 0. The number of rotatable bonds is 5. The van der Waals surface area contributed by atoms with Crippen LogP contribution in [0.25, 0.3) is 10.9 Å². The second-order valence-electron chi connectivity index (χ2n) is 4.78. The van der Waals surface area contributed by atoms with E-state index in [1.165, 1.54) is 10.9 Å². The molecule has 98 valence electrons. The van der Waals surface area contributed by atoms with E-state index in [1.54, 1.807) is 0 Å². The van der Waals surface area contributed by atoms with Gasteiger partial charge in [0.1, 0.15) is 0 Å². The Bertz CT molecular complexity index is 517. The number of nitrogens with zero attached hydrogens (tertiary/aromatic N) is 3. The highest BCUT2D eigenvalue weighted by Crippen LogP contribution is 2.19. The van der Waals surface area contributed by atoms with Gasteiger partial charge >= 0.3 is 0 Å². The van der Waals surface area contributed by atoms with Crippen molar-refractivity contribution in [3.63, 3.8) is 0 Å². The number of fused-ring (bicyclic) bond motifs is 1. The highest BCUT2D eigenvalue weighted by Gasteiger charge is 2.13. The molecule has 0 bridgehead atoms. The number of aryl methyl sites for hydroxylation is 1. The first-order chi connectivity index (χ1) is 8.67. The maximum atomic E-state index is 5.70. The van der Waals surface area contributed by atoms with Crippen LogP contribution >= 0.6 is 0 Å². The highest BCUT2D eigenvalue weighted by atomic mass is 15.3. The second kappa shape index (κ2) is 5.50. The van der Waals surface area contributed by atoms with E-state index in [2.05, 4.69) is 54.7 Å². The van der Waals surface area contributed by atoms with Gasteiger partial charge in [-0.15, -0.1) is 0 Å². The van der Waals surface area contributed by atoms with Gasteiger partial charge in [-0.05, 0) is 27.0 Å². The van der Waals surface area contributed by atoms with Crippen LogP contribution in [0, 0.1) is 0 Å². The van der Waals surface area contributed by atoms with Gasteiger partial charge in [-0.2, -0.15) is 5.10 Å². The fourth-order valence-corrected chi connectivity index (χ4v) is 2.13. The van der Waals surface area contributed by atoms with E-state index in [0.29, 0.717) is 12.6 Å². The van der Waals surface area contributed by atoms with Crippen LogP contribution in [-0.4, -0.2) is 34.3 Å². The summed E-state index contributed by atoms with van der Waals surface area (Å²) in [6, 6.07) is 8.77. The number of hydrogen-bond acceptors (Lipinski definition) is 3. The smallest absolute Gasteiger partial charge is 0.0843 e. The molecule has 2 rings (SSSR count). The lowest BCUT2D eigenvalue weighted by molar-refractivity contribution is 0.252. The normalized spacial score (nSPS) is 13.4. The van der Waals surface area contributed by atoms with Crippen molar-refractivity contribution in [2.24, 2.45) is 5.73 Å². The van der Waals surface area contributed by atoms with Crippen molar-refractivity contribution in [1.29, 1.82) is 0 Å².